The maximum Gasteiger partial charge on any atom is 0.137 e. The van der Waals surface area contributed by atoms with Crippen molar-refractivity contribution in [3.8, 4) is 44.5 Å². The van der Waals surface area contributed by atoms with E-state index in [4.69, 9.17) is 4.42 Å². The van der Waals surface area contributed by atoms with Gasteiger partial charge in [0.15, 0.2) is 0 Å². The van der Waals surface area contributed by atoms with Crippen molar-refractivity contribution in [1.82, 2.24) is 0 Å². The normalized spacial score (nSPS) is 11.3. The van der Waals surface area contributed by atoms with E-state index in [9.17, 15) is 0 Å². The lowest BCUT2D eigenvalue weighted by Gasteiger charge is -2.25. The molecule has 0 N–H and O–H groups in total. The number of hydrogen-bond acceptors (Lipinski definition) is 2. The van der Waals surface area contributed by atoms with E-state index in [0.717, 1.165) is 44.6 Å². The third kappa shape index (κ3) is 5.71. The predicted molar refractivity (Wildman–Crippen MR) is 228 cm³/mol. The summed E-state index contributed by atoms with van der Waals surface area (Å²) in [5, 5.41) is 4.66. The topological polar surface area (TPSA) is 16.4 Å². The minimum absolute atomic E-state index is 0.861. The van der Waals surface area contributed by atoms with Gasteiger partial charge in [-0.25, -0.2) is 0 Å². The van der Waals surface area contributed by atoms with Gasteiger partial charge in [0, 0.05) is 33.9 Å². The van der Waals surface area contributed by atoms with Gasteiger partial charge in [-0.2, -0.15) is 0 Å². The molecule has 1 heterocycles. The van der Waals surface area contributed by atoms with Gasteiger partial charge in [-0.3, -0.25) is 0 Å². The van der Waals surface area contributed by atoms with Gasteiger partial charge in [0.25, 0.3) is 0 Å². The van der Waals surface area contributed by atoms with Crippen molar-refractivity contribution in [2.75, 3.05) is 4.90 Å². The Labute approximate surface area is 314 Å². The van der Waals surface area contributed by atoms with Crippen LogP contribution >= 0.6 is 0 Å². The van der Waals surface area contributed by atoms with Crippen molar-refractivity contribution >= 4 is 49.8 Å². The van der Waals surface area contributed by atoms with Crippen molar-refractivity contribution in [3.05, 3.63) is 212 Å². The quantitative estimate of drug-likeness (QED) is 0.166. The highest BCUT2D eigenvalue weighted by Crippen LogP contribution is 2.43. The Morgan fingerprint density at radius 3 is 1.28 bits per heavy atom. The van der Waals surface area contributed by atoms with Crippen LogP contribution < -0.4 is 4.90 Å². The SMILES string of the molecule is c1ccc(-c2ccc(-c3ccc(N(c4ccccc4)c4ccc5c(c4)oc4cc(-c6ccc(-c7ccccc7)cc6)c6ccccc6c45)cc3)cc2)cc1. The van der Waals surface area contributed by atoms with E-state index in [-0.39, 0.29) is 0 Å². The number of para-hydroxylation sites is 1. The van der Waals surface area contributed by atoms with Crippen molar-refractivity contribution in [3.63, 3.8) is 0 Å². The average Bonchev–Trinajstić information content (AvgIpc) is 3.63. The zero-order valence-electron chi connectivity index (χ0n) is 29.6. The molecule has 254 valence electrons. The predicted octanol–water partition coefficient (Wildman–Crippen LogP) is 14.9. The van der Waals surface area contributed by atoms with Crippen LogP contribution in [0, 0.1) is 0 Å². The molecule has 54 heavy (non-hydrogen) atoms. The molecule has 0 aliphatic rings. The van der Waals surface area contributed by atoms with E-state index in [1.54, 1.807) is 0 Å². The minimum Gasteiger partial charge on any atom is -0.456 e. The second kappa shape index (κ2) is 13.4. The average molecular weight is 690 g/mol. The summed E-state index contributed by atoms with van der Waals surface area (Å²) in [6.45, 7) is 0. The van der Waals surface area contributed by atoms with Gasteiger partial charge in [-0.05, 0) is 97.7 Å². The van der Waals surface area contributed by atoms with E-state index in [2.05, 4.69) is 217 Å². The molecule has 0 fully saturated rings. The van der Waals surface area contributed by atoms with Crippen LogP contribution in [-0.4, -0.2) is 0 Å². The number of hydrogen-bond donors (Lipinski definition) is 0. The summed E-state index contributed by atoms with van der Waals surface area (Å²) in [5.41, 5.74) is 14.5. The fraction of sp³-hybridized carbons (Fsp3) is 0. The van der Waals surface area contributed by atoms with Gasteiger partial charge in [0.05, 0.1) is 0 Å². The molecular formula is C52H35NO. The zero-order valence-corrected chi connectivity index (χ0v) is 29.6. The molecule has 0 aliphatic heterocycles. The fourth-order valence-corrected chi connectivity index (χ4v) is 7.79. The summed E-state index contributed by atoms with van der Waals surface area (Å²) in [6.07, 6.45) is 0. The number of benzene rings is 9. The van der Waals surface area contributed by atoms with Gasteiger partial charge in [0.2, 0.25) is 0 Å². The summed E-state index contributed by atoms with van der Waals surface area (Å²) in [6, 6.07) is 75.6. The first-order valence-corrected chi connectivity index (χ1v) is 18.4. The molecule has 0 amide bonds. The third-order valence-corrected chi connectivity index (χ3v) is 10.5. The molecule has 2 heteroatoms. The van der Waals surface area contributed by atoms with Gasteiger partial charge in [0.1, 0.15) is 11.2 Å². The largest absolute Gasteiger partial charge is 0.456 e. The van der Waals surface area contributed by atoms with Crippen LogP contribution in [0.25, 0.3) is 77.2 Å². The highest BCUT2D eigenvalue weighted by molar-refractivity contribution is 6.22. The second-order valence-corrected chi connectivity index (χ2v) is 13.7. The molecule has 2 nitrogen and oxygen atoms in total. The summed E-state index contributed by atoms with van der Waals surface area (Å²) in [5.74, 6) is 0. The van der Waals surface area contributed by atoms with Crippen molar-refractivity contribution in [1.29, 1.82) is 0 Å². The maximum absolute atomic E-state index is 6.77. The first-order valence-electron chi connectivity index (χ1n) is 18.4. The highest BCUT2D eigenvalue weighted by Gasteiger charge is 2.18. The van der Waals surface area contributed by atoms with Crippen LogP contribution in [-0.2, 0) is 0 Å². The van der Waals surface area contributed by atoms with Crippen LogP contribution in [0.15, 0.2) is 217 Å². The molecule has 1 aromatic heterocycles. The summed E-state index contributed by atoms with van der Waals surface area (Å²) in [7, 11) is 0. The Balaban J connectivity index is 1.03. The molecule has 0 aliphatic carbocycles. The van der Waals surface area contributed by atoms with E-state index in [0.29, 0.717) is 0 Å². The molecule has 0 atom stereocenters. The first-order chi connectivity index (χ1) is 26.8. The van der Waals surface area contributed by atoms with Gasteiger partial charge < -0.3 is 9.32 Å². The third-order valence-electron chi connectivity index (χ3n) is 10.5. The molecule has 10 rings (SSSR count). The number of fused-ring (bicyclic) bond motifs is 5. The van der Waals surface area contributed by atoms with E-state index in [1.807, 2.05) is 0 Å². The number of nitrogens with zero attached hydrogens (tertiary/aromatic N) is 1. The van der Waals surface area contributed by atoms with Crippen LogP contribution in [0.2, 0.25) is 0 Å². The van der Waals surface area contributed by atoms with E-state index < -0.39 is 0 Å². The summed E-state index contributed by atoms with van der Waals surface area (Å²) in [4.78, 5) is 2.30. The Morgan fingerprint density at radius 2 is 0.704 bits per heavy atom. The molecule has 9 aromatic carbocycles. The fourth-order valence-electron chi connectivity index (χ4n) is 7.79. The number of rotatable bonds is 7. The highest BCUT2D eigenvalue weighted by atomic mass is 16.3. The zero-order chi connectivity index (χ0) is 35.8. The first kappa shape index (κ1) is 31.6. The van der Waals surface area contributed by atoms with Crippen molar-refractivity contribution in [2.24, 2.45) is 0 Å². The Bertz CT molecular complexity index is 2880. The monoisotopic (exact) mass is 689 g/mol. The van der Waals surface area contributed by atoms with Crippen LogP contribution in [0.3, 0.4) is 0 Å². The van der Waals surface area contributed by atoms with Crippen molar-refractivity contribution < 1.29 is 4.42 Å². The van der Waals surface area contributed by atoms with Crippen molar-refractivity contribution in [2.45, 2.75) is 0 Å². The number of furan rings is 1. The smallest absolute Gasteiger partial charge is 0.137 e. The molecule has 0 saturated carbocycles. The molecule has 0 bridgehead atoms. The van der Waals surface area contributed by atoms with Crippen LogP contribution in [0.5, 0.6) is 0 Å². The van der Waals surface area contributed by atoms with Crippen LogP contribution in [0.4, 0.5) is 17.1 Å². The standard InChI is InChI=1S/C52H35NO/c1-4-12-36(13-5-1)38-20-22-40(23-21-38)41-28-30-44(31-29-41)53(43-16-8-3-9-17-43)45-32-33-48-50(34-45)54-51-35-49(46-18-10-11-19-47(46)52(48)51)42-26-24-39(25-27-42)37-14-6-2-7-15-37/h1-35H. The molecule has 0 saturated heterocycles. The Hall–Kier alpha value is -7.16. The second-order valence-electron chi connectivity index (χ2n) is 13.7. The number of anilines is 3. The van der Waals surface area contributed by atoms with Gasteiger partial charge in [-0.15, -0.1) is 0 Å². The van der Waals surface area contributed by atoms with E-state index >= 15 is 0 Å². The Kier molecular flexibility index (Phi) is 7.85. The lowest BCUT2D eigenvalue weighted by Crippen LogP contribution is -2.09. The maximum atomic E-state index is 6.77. The molecule has 0 radical (unpaired) electrons. The lowest BCUT2D eigenvalue weighted by molar-refractivity contribution is 0.669. The van der Waals surface area contributed by atoms with Gasteiger partial charge >= 0.3 is 0 Å². The Morgan fingerprint density at radius 1 is 0.278 bits per heavy atom. The van der Waals surface area contributed by atoms with Crippen LogP contribution in [0.1, 0.15) is 0 Å². The van der Waals surface area contributed by atoms with Gasteiger partial charge in [-0.1, -0.05) is 164 Å². The summed E-state index contributed by atoms with van der Waals surface area (Å²) >= 11 is 0. The minimum atomic E-state index is 0.861. The summed E-state index contributed by atoms with van der Waals surface area (Å²) < 4.78 is 6.77. The molecule has 10 aromatic rings. The lowest BCUT2D eigenvalue weighted by atomic mass is 9.94. The molecule has 0 unspecified atom stereocenters. The molecule has 0 spiro atoms. The molecular weight excluding hydrogens is 655 g/mol. The van der Waals surface area contributed by atoms with E-state index in [1.165, 1.54) is 49.7 Å².